The number of carbonyl (C=O) groups excluding carboxylic acids is 1. The molecule has 62 heavy (non-hydrogen) atoms. The number of nitrogens with zero attached hydrogens (tertiary/aromatic N) is 9. The van der Waals surface area contributed by atoms with E-state index in [0.29, 0.717) is 76.4 Å². The molecule has 7 heterocycles. The second-order valence-corrected chi connectivity index (χ2v) is 17.7. The van der Waals surface area contributed by atoms with Crippen LogP contribution in [0.15, 0.2) is 37.8 Å². The highest BCUT2D eigenvalue weighted by Gasteiger charge is 2.36. The van der Waals surface area contributed by atoms with Gasteiger partial charge in [0.1, 0.15) is 5.69 Å². The van der Waals surface area contributed by atoms with E-state index in [1.54, 1.807) is 53.8 Å². The normalized spacial score (nSPS) is 18.1. The molecule has 5 fully saturated rings. The standard InChI is InChI=1S/C15H20N4O3.C10H12N4O2.C9H14N4O.C5H9ClO.CH3F.CH4/c1-15(8-22-9-15)7-18-13(20)12-11(17(2)14(18)21)5-16-19(12)6-10-3-4-10;1-13-7-4-11-14(5-6-2-3-6)8(7)9(15)12-10(13)16;1-11-7-4-12-13(5-6-2-3-6)8(7)9(10)14;1-5(2-6)3-7-4-5;1-2;/h5,10H,3-4,6-9H2,1-2H3;4,6H,2-3,5H2,1H3,(H,12,15,16);4,6,11H,2-3,5H2,1H3,(H2,10,14);2-4H2,1H3;1H3;1H4/i;;;;1D;. The second kappa shape index (κ2) is 20.0. The lowest BCUT2D eigenvalue weighted by atomic mass is 9.88. The van der Waals surface area contributed by atoms with Crippen LogP contribution in [-0.4, -0.2) is 100 Å². The van der Waals surface area contributed by atoms with Gasteiger partial charge in [-0.1, -0.05) is 21.3 Å². The number of primary amides is 1. The first-order valence-corrected chi connectivity index (χ1v) is 21.0. The molecule has 3 saturated carbocycles. The van der Waals surface area contributed by atoms with E-state index >= 15 is 0 Å². The molecule has 10 rings (SSSR count). The van der Waals surface area contributed by atoms with Crippen LogP contribution in [0.3, 0.4) is 0 Å². The lowest BCUT2D eigenvalue weighted by Gasteiger charge is -2.38. The Morgan fingerprint density at radius 2 is 1.32 bits per heavy atom. The molecule has 0 spiro atoms. The minimum absolute atomic E-state index is 0. The zero-order valence-electron chi connectivity index (χ0n) is 36.5. The SMILES string of the molecule is C.CC1(CCl)COC1.CNc1cnn(CC2CC2)c1C(N)=O.Cn1c(=O)[nH]c(=O)c2c1cnn2CC1CC1.Cn1c(=O)n(CC2(C)COC2)c(=O)c2c1cnn2CC1CC1.[2H]CF. The number of nitrogens with two attached hydrogens (primary N) is 1. The summed E-state index contributed by atoms with van der Waals surface area (Å²) in [7, 11) is 4.08. The average Bonchev–Trinajstić information content (AvgIpc) is 4.18. The van der Waals surface area contributed by atoms with Gasteiger partial charge < -0.3 is 20.5 Å². The highest BCUT2D eigenvalue weighted by atomic mass is 35.5. The molecule has 0 bridgehead atoms. The van der Waals surface area contributed by atoms with Crippen molar-refractivity contribution >= 4 is 45.3 Å². The van der Waals surface area contributed by atoms with E-state index in [1.807, 2.05) is 6.92 Å². The molecule has 2 saturated heterocycles. The fourth-order valence-electron chi connectivity index (χ4n) is 7.01. The molecule has 0 unspecified atom stereocenters. The first kappa shape index (κ1) is 46.4. The number of ether oxygens (including phenoxy) is 2. The zero-order valence-corrected chi connectivity index (χ0v) is 36.2. The van der Waals surface area contributed by atoms with E-state index in [0.717, 1.165) is 38.7 Å². The third kappa shape index (κ3) is 10.9. The molecule has 2 aliphatic heterocycles. The number of amides is 1. The van der Waals surface area contributed by atoms with E-state index in [2.05, 4.69) is 32.5 Å². The molecule has 3 aliphatic carbocycles. The number of nitrogens with one attached hydrogen (secondary N) is 2. The maximum atomic E-state index is 12.9. The molecule has 19 nitrogen and oxygen atoms in total. The van der Waals surface area contributed by atoms with Crippen molar-refractivity contribution in [3.63, 3.8) is 0 Å². The number of H-pyrrole nitrogens is 1. The van der Waals surface area contributed by atoms with E-state index < -0.39 is 18.8 Å². The van der Waals surface area contributed by atoms with Crippen LogP contribution in [0.2, 0.25) is 0 Å². The van der Waals surface area contributed by atoms with E-state index in [4.69, 9.17) is 28.2 Å². The van der Waals surface area contributed by atoms with E-state index in [9.17, 15) is 28.4 Å². The summed E-state index contributed by atoms with van der Waals surface area (Å²) < 4.78 is 35.1. The van der Waals surface area contributed by atoms with Crippen molar-refractivity contribution < 1.29 is 20.0 Å². The number of alkyl halides is 2. The van der Waals surface area contributed by atoms with Gasteiger partial charge in [-0.25, -0.2) is 9.59 Å². The van der Waals surface area contributed by atoms with Gasteiger partial charge in [-0.05, 0) is 56.3 Å². The van der Waals surface area contributed by atoms with Crippen molar-refractivity contribution in [2.24, 2.45) is 48.4 Å². The van der Waals surface area contributed by atoms with Crippen molar-refractivity contribution in [3.8, 4) is 0 Å². The van der Waals surface area contributed by atoms with Gasteiger partial charge in [0.05, 0.1) is 70.3 Å². The van der Waals surface area contributed by atoms with Crippen molar-refractivity contribution in [2.75, 3.05) is 51.8 Å². The topological polar surface area (TPSA) is 226 Å². The number of aryl methyl sites for hydroxylation is 2. The van der Waals surface area contributed by atoms with Crippen LogP contribution in [0.25, 0.3) is 22.1 Å². The number of anilines is 1. The van der Waals surface area contributed by atoms with Crippen molar-refractivity contribution in [2.45, 2.75) is 86.0 Å². The number of hydrogen-bond donors (Lipinski definition) is 3. The van der Waals surface area contributed by atoms with Crippen molar-refractivity contribution in [3.05, 3.63) is 66.0 Å². The van der Waals surface area contributed by atoms with Crippen LogP contribution < -0.4 is 33.5 Å². The summed E-state index contributed by atoms with van der Waals surface area (Å²) in [5, 5.41) is 15.6. The summed E-state index contributed by atoms with van der Waals surface area (Å²) in [6.07, 6.45) is 12.1. The molecule has 5 aromatic heterocycles. The quantitative estimate of drug-likeness (QED) is 0.163. The molecule has 1 amide bonds. The van der Waals surface area contributed by atoms with Gasteiger partial charge >= 0.3 is 11.4 Å². The third-order valence-electron chi connectivity index (χ3n) is 11.5. The van der Waals surface area contributed by atoms with Crippen molar-refractivity contribution in [1.29, 1.82) is 0 Å². The first-order chi connectivity index (χ1) is 29.6. The van der Waals surface area contributed by atoms with Crippen LogP contribution in [-0.2, 0) is 49.7 Å². The monoisotopic (exact) mass is 889 g/mol. The predicted octanol–water partition coefficient (Wildman–Crippen LogP) is 3.09. The summed E-state index contributed by atoms with van der Waals surface area (Å²) >= 11 is 5.56. The number of carbonyl (C=O) groups is 1. The van der Waals surface area contributed by atoms with Crippen LogP contribution in [0.4, 0.5) is 10.1 Å². The Morgan fingerprint density at radius 3 is 1.74 bits per heavy atom. The van der Waals surface area contributed by atoms with Crippen molar-refractivity contribution in [1.82, 2.24) is 48.0 Å². The summed E-state index contributed by atoms with van der Waals surface area (Å²) in [4.78, 5) is 61.9. The largest absolute Gasteiger partial charge is 0.385 e. The zero-order chi connectivity index (χ0) is 44.9. The maximum absolute atomic E-state index is 12.9. The summed E-state index contributed by atoms with van der Waals surface area (Å²) in [6, 6.07) is 0. The number of aromatic nitrogens is 10. The Balaban J connectivity index is 0.000000163. The number of halogens is 2. The number of rotatable bonds is 11. The lowest BCUT2D eigenvalue weighted by molar-refractivity contribution is -0.111. The molecular weight excluding hydrogens is 827 g/mol. The highest BCUT2D eigenvalue weighted by molar-refractivity contribution is 6.18. The molecule has 0 aromatic carbocycles. The Bertz CT molecular complexity index is 2590. The fourth-order valence-corrected chi connectivity index (χ4v) is 7.17. The fraction of sp³-hybridized carbons (Fsp3) is 0.659. The molecule has 342 valence electrons. The van der Waals surface area contributed by atoms with Gasteiger partial charge in [-0.3, -0.25) is 51.5 Å². The number of hydrogen-bond acceptors (Lipinski definition) is 11. The van der Waals surface area contributed by atoms with Gasteiger partial charge in [0, 0.05) is 64.0 Å². The molecular formula is C41H62ClFN12O7. The van der Waals surface area contributed by atoms with E-state index in [-0.39, 0.29) is 29.6 Å². The van der Waals surface area contributed by atoms with Crippen LogP contribution in [0.1, 0.15) is 71.7 Å². The van der Waals surface area contributed by atoms with Gasteiger partial charge in [0.25, 0.3) is 17.0 Å². The van der Waals surface area contributed by atoms with Gasteiger partial charge in [-0.2, -0.15) is 15.3 Å². The Labute approximate surface area is 364 Å². The van der Waals surface area contributed by atoms with Gasteiger partial charge in [-0.15, -0.1) is 11.6 Å². The molecule has 0 atom stereocenters. The molecule has 0 radical (unpaired) electrons. The molecule has 5 aliphatic rings. The molecule has 5 aromatic rings. The maximum Gasteiger partial charge on any atom is 0.331 e. The highest BCUT2D eigenvalue weighted by Crippen LogP contribution is 2.33. The Morgan fingerprint density at radius 1 is 0.855 bits per heavy atom. The van der Waals surface area contributed by atoms with Crippen LogP contribution in [0.5, 0.6) is 0 Å². The first-order valence-electron chi connectivity index (χ1n) is 21.2. The third-order valence-corrected chi connectivity index (χ3v) is 12.1. The smallest absolute Gasteiger partial charge is 0.331 e. The Kier molecular flexibility index (Phi) is 14.9. The van der Waals surface area contributed by atoms with Crippen LogP contribution in [0, 0.1) is 28.6 Å². The summed E-state index contributed by atoms with van der Waals surface area (Å²) in [5.74, 6) is 2.24. The number of fused-ring (bicyclic) bond motifs is 2. The van der Waals surface area contributed by atoms with Gasteiger partial charge in [0.15, 0.2) is 11.0 Å². The second-order valence-electron chi connectivity index (χ2n) is 17.4. The van der Waals surface area contributed by atoms with Crippen LogP contribution >= 0.6 is 11.6 Å². The Hall–Kier alpha value is -5.08. The summed E-state index contributed by atoms with van der Waals surface area (Å²) in [6.45, 7) is 9.75. The van der Waals surface area contributed by atoms with Gasteiger partial charge in [0.2, 0.25) is 0 Å². The summed E-state index contributed by atoms with van der Waals surface area (Å²) in [5.41, 5.74) is 7.63. The lowest BCUT2D eigenvalue weighted by Crippen LogP contribution is -2.50. The number of aromatic amines is 1. The molecule has 4 N–H and O–H groups in total. The predicted molar refractivity (Wildman–Crippen MR) is 236 cm³/mol. The minimum atomic E-state index is -1.00. The van der Waals surface area contributed by atoms with E-state index in [1.165, 1.54) is 52.2 Å². The average molecular weight is 890 g/mol. The molecule has 21 heteroatoms. The minimum Gasteiger partial charge on any atom is -0.385 e.